The highest BCUT2D eigenvalue weighted by atomic mass is 32.2. The van der Waals surface area contributed by atoms with E-state index < -0.39 is 10.0 Å². The molecular formula is C19H20N2O2S. The first-order valence-corrected chi connectivity index (χ1v) is 9.56. The summed E-state index contributed by atoms with van der Waals surface area (Å²) < 4.78 is 27.5. The number of aromatic amines is 1. The maximum absolute atomic E-state index is 13.0. The molecule has 4 rings (SSSR count). The molecular weight excluding hydrogens is 320 g/mol. The Morgan fingerprint density at radius 1 is 1.04 bits per heavy atom. The Kier molecular flexibility index (Phi) is 3.51. The van der Waals surface area contributed by atoms with Crippen LogP contribution in [-0.2, 0) is 23.0 Å². The molecule has 0 spiro atoms. The van der Waals surface area contributed by atoms with Gasteiger partial charge in [0.15, 0.2) is 0 Å². The maximum atomic E-state index is 13.0. The summed E-state index contributed by atoms with van der Waals surface area (Å²) >= 11 is 0. The largest absolute Gasteiger partial charge is 0.358 e. The Balaban J connectivity index is 1.75. The van der Waals surface area contributed by atoms with Crippen LogP contribution in [0.1, 0.15) is 22.4 Å². The monoisotopic (exact) mass is 340 g/mol. The molecule has 0 saturated carbocycles. The van der Waals surface area contributed by atoms with E-state index in [1.54, 1.807) is 22.5 Å². The minimum absolute atomic E-state index is 0.377. The first kappa shape index (κ1) is 15.4. The van der Waals surface area contributed by atoms with Crippen LogP contribution in [-0.4, -0.2) is 24.3 Å². The summed E-state index contributed by atoms with van der Waals surface area (Å²) in [4.78, 5) is 3.83. The SMILES string of the molecule is Cc1cccc(S(=O)(=O)N2CCc3[nH]c4cc(C)ccc4c3C2)c1. The van der Waals surface area contributed by atoms with Gasteiger partial charge >= 0.3 is 0 Å². The molecule has 4 nitrogen and oxygen atoms in total. The van der Waals surface area contributed by atoms with Gasteiger partial charge in [0.1, 0.15) is 0 Å². The minimum Gasteiger partial charge on any atom is -0.358 e. The first-order chi connectivity index (χ1) is 11.4. The number of aromatic nitrogens is 1. The smallest absolute Gasteiger partial charge is 0.243 e. The number of sulfonamides is 1. The van der Waals surface area contributed by atoms with Crippen molar-refractivity contribution in [2.24, 2.45) is 0 Å². The normalized spacial score (nSPS) is 15.6. The minimum atomic E-state index is -3.46. The van der Waals surface area contributed by atoms with Crippen molar-refractivity contribution in [3.05, 3.63) is 64.8 Å². The molecule has 1 N–H and O–H groups in total. The molecule has 5 heteroatoms. The van der Waals surface area contributed by atoms with Crippen LogP contribution in [0.2, 0.25) is 0 Å². The molecule has 24 heavy (non-hydrogen) atoms. The zero-order valence-electron chi connectivity index (χ0n) is 13.8. The van der Waals surface area contributed by atoms with Crippen molar-refractivity contribution >= 4 is 20.9 Å². The third-order valence-electron chi connectivity index (χ3n) is 4.72. The lowest BCUT2D eigenvalue weighted by molar-refractivity contribution is 0.391. The van der Waals surface area contributed by atoms with Crippen molar-refractivity contribution < 1.29 is 8.42 Å². The molecule has 2 heterocycles. The second-order valence-corrected chi connectivity index (χ2v) is 8.47. The highest BCUT2D eigenvalue weighted by Crippen LogP contribution is 2.31. The van der Waals surface area contributed by atoms with Gasteiger partial charge in [0, 0.05) is 36.1 Å². The van der Waals surface area contributed by atoms with E-state index in [0.717, 1.165) is 27.7 Å². The summed E-state index contributed by atoms with van der Waals surface area (Å²) in [6, 6.07) is 13.4. The van der Waals surface area contributed by atoms with Gasteiger partial charge in [-0.05, 0) is 48.7 Å². The Morgan fingerprint density at radius 3 is 2.62 bits per heavy atom. The number of aryl methyl sites for hydroxylation is 2. The van der Waals surface area contributed by atoms with Crippen molar-refractivity contribution in [1.29, 1.82) is 0 Å². The lowest BCUT2D eigenvalue weighted by Crippen LogP contribution is -2.35. The number of hydrogen-bond donors (Lipinski definition) is 1. The molecule has 0 unspecified atom stereocenters. The number of nitrogens with zero attached hydrogens (tertiary/aromatic N) is 1. The van der Waals surface area contributed by atoms with Gasteiger partial charge in [-0.3, -0.25) is 0 Å². The quantitative estimate of drug-likeness (QED) is 0.776. The Morgan fingerprint density at radius 2 is 1.83 bits per heavy atom. The number of hydrogen-bond acceptors (Lipinski definition) is 2. The average molecular weight is 340 g/mol. The van der Waals surface area contributed by atoms with Crippen LogP contribution >= 0.6 is 0 Å². The van der Waals surface area contributed by atoms with Crippen LogP contribution in [0.5, 0.6) is 0 Å². The highest BCUT2D eigenvalue weighted by Gasteiger charge is 2.30. The molecule has 0 fully saturated rings. The molecule has 0 radical (unpaired) electrons. The van der Waals surface area contributed by atoms with E-state index in [2.05, 4.69) is 30.1 Å². The van der Waals surface area contributed by atoms with E-state index in [-0.39, 0.29) is 0 Å². The topological polar surface area (TPSA) is 53.2 Å². The fraction of sp³-hybridized carbons (Fsp3) is 0.263. The molecule has 0 aliphatic carbocycles. The fourth-order valence-corrected chi connectivity index (χ4v) is 4.96. The molecule has 0 saturated heterocycles. The van der Waals surface area contributed by atoms with Gasteiger partial charge in [-0.1, -0.05) is 24.3 Å². The third-order valence-corrected chi connectivity index (χ3v) is 6.56. The van der Waals surface area contributed by atoms with Gasteiger partial charge in [0.25, 0.3) is 0 Å². The summed E-state index contributed by atoms with van der Waals surface area (Å²) in [5.41, 5.74) is 5.51. The maximum Gasteiger partial charge on any atom is 0.243 e. The Labute approximate surface area is 142 Å². The number of fused-ring (bicyclic) bond motifs is 3. The van der Waals surface area contributed by atoms with Crippen LogP contribution in [0.4, 0.5) is 0 Å². The van der Waals surface area contributed by atoms with Gasteiger partial charge in [-0.2, -0.15) is 4.31 Å². The van der Waals surface area contributed by atoms with Gasteiger partial charge < -0.3 is 4.98 Å². The molecule has 0 amide bonds. The average Bonchev–Trinajstić information content (AvgIpc) is 2.91. The lowest BCUT2D eigenvalue weighted by Gasteiger charge is -2.26. The fourth-order valence-electron chi connectivity index (χ4n) is 3.44. The summed E-state index contributed by atoms with van der Waals surface area (Å²) in [5.74, 6) is 0. The predicted molar refractivity (Wildman–Crippen MR) is 95.5 cm³/mol. The van der Waals surface area contributed by atoms with Crippen molar-refractivity contribution in [2.45, 2.75) is 31.7 Å². The van der Waals surface area contributed by atoms with Crippen LogP contribution in [0.15, 0.2) is 47.4 Å². The number of benzene rings is 2. The van der Waals surface area contributed by atoms with E-state index in [1.165, 1.54) is 5.56 Å². The summed E-state index contributed by atoms with van der Waals surface area (Å²) in [6.07, 6.45) is 0.716. The summed E-state index contributed by atoms with van der Waals surface area (Å²) in [7, 11) is -3.46. The third kappa shape index (κ3) is 2.44. The van der Waals surface area contributed by atoms with Gasteiger partial charge in [-0.15, -0.1) is 0 Å². The zero-order chi connectivity index (χ0) is 16.9. The Bertz CT molecular complexity index is 1030. The molecule has 2 aromatic carbocycles. The molecule has 0 atom stereocenters. The second kappa shape index (κ2) is 5.46. The standard InChI is InChI=1S/C19H20N2O2S/c1-13-4-3-5-15(10-13)24(22,23)21-9-8-18-17(12-21)16-7-6-14(2)11-19(16)20-18/h3-7,10-11,20H,8-9,12H2,1-2H3. The van der Waals surface area contributed by atoms with Crippen LogP contribution in [0, 0.1) is 13.8 Å². The van der Waals surface area contributed by atoms with E-state index in [4.69, 9.17) is 0 Å². The second-order valence-electron chi connectivity index (χ2n) is 6.54. The Hall–Kier alpha value is -2.11. The molecule has 1 aliphatic heterocycles. The summed E-state index contributed by atoms with van der Waals surface area (Å²) in [5, 5.41) is 1.12. The van der Waals surface area contributed by atoms with Crippen LogP contribution in [0.25, 0.3) is 10.9 Å². The predicted octanol–water partition coefficient (Wildman–Crippen LogP) is 3.53. The molecule has 1 aromatic heterocycles. The highest BCUT2D eigenvalue weighted by molar-refractivity contribution is 7.89. The molecule has 124 valence electrons. The van der Waals surface area contributed by atoms with Gasteiger partial charge in [-0.25, -0.2) is 8.42 Å². The van der Waals surface area contributed by atoms with Crippen molar-refractivity contribution in [3.8, 4) is 0 Å². The number of nitrogens with one attached hydrogen (secondary N) is 1. The lowest BCUT2D eigenvalue weighted by atomic mass is 10.1. The van der Waals surface area contributed by atoms with Crippen molar-refractivity contribution in [2.75, 3.05) is 6.54 Å². The van der Waals surface area contributed by atoms with Gasteiger partial charge in [0.2, 0.25) is 10.0 Å². The van der Waals surface area contributed by atoms with Crippen LogP contribution < -0.4 is 0 Å². The molecule has 3 aromatic rings. The van der Waals surface area contributed by atoms with E-state index in [0.29, 0.717) is 24.4 Å². The first-order valence-electron chi connectivity index (χ1n) is 8.12. The van der Waals surface area contributed by atoms with Gasteiger partial charge in [0.05, 0.1) is 4.90 Å². The van der Waals surface area contributed by atoms with Crippen LogP contribution in [0.3, 0.4) is 0 Å². The molecule has 0 bridgehead atoms. The van der Waals surface area contributed by atoms with E-state index in [9.17, 15) is 8.42 Å². The molecule has 1 aliphatic rings. The number of H-pyrrole nitrogens is 1. The zero-order valence-corrected chi connectivity index (χ0v) is 14.7. The van der Waals surface area contributed by atoms with Crippen molar-refractivity contribution in [3.63, 3.8) is 0 Å². The van der Waals surface area contributed by atoms with E-state index in [1.807, 2.05) is 13.0 Å². The van der Waals surface area contributed by atoms with E-state index >= 15 is 0 Å². The number of rotatable bonds is 2. The summed E-state index contributed by atoms with van der Waals surface area (Å²) in [6.45, 7) is 4.91. The van der Waals surface area contributed by atoms with Crippen molar-refractivity contribution in [1.82, 2.24) is 9.29 Å².